The fourth-order valence-electron chi connectivity index (χ4n) is 4.11. The first-order chi connectivity index (χ1) is 15.0. The normalized spacial score (nSPS) is 18.5. The number of hydrogen-bond acceptors (Lipinski definition) is 6. The molecule has 0 bridgehead atoms. The molecule has 1 atom stereocenters. The lowest BCUT2D eigenvalue weighted by molar-refractivity contribution is -0.136. The summed E-state index contributed by atoms with van der Waals surface area (Å²) < 4.78 is 7.16. The molecule has 3 heterocycles. The number of benzene rings is 2. The summed E-state index contributed by atoms with van der Waals surface area (Å²) in [6.45, 7) is 2.30. The molecule has 8 heteroatoms. The van der Waals surface area contributed by atoms with Crippen molar-refractivity contribution in [2.45, 2.75) is 32.4 Å². The molecular formula is C23H18N2O5S. The van der Waals surface area contributed by atoms with Gasteiger partial charge in [0.25, 0.3) is 11.8 Å². The van der Waals surface area contributed by atoms with Gasteiger partial charge in [-0.25, -0.2) is 0 Å². The Morgan fingerprint density at radius 3 is 2.65 bits per heavy atom. The molecule has 1 aromatic heterocycles. The molecule has 1 N–H and O–H groups in total. The van der Waals surface area contributed by atoms with Crippen LogP contribution < -0.4 is 10.1 Å². The maximum Gasteiger partial charge on any atom is 0.266 e. The average Bonchev–Trinajstić information content (AvgIpc) is 3.21. The van der Waals surface area contributed by atoms with Crippen LogP contribution >= 0.6 is 11.3 Å². The van der Waals surface area contributed by atoms with Crippen LogP contribution in [0.1, 0.15) is 44.0 Å². The van der Waals surface area contributed by atoms with Gasteiger partial charge >= 0.3 is 0 Å². The van der Waals surface area contributed by atoms with Crippen LogP contribution in [0.2, 0.25) is 0 Å². The Balaban J connectivity index is 1.43. The van der Waals surface area contributed by atoms with Crippen LogP contribution in [0.4, 0.5) is 0 Å². The second-order valence-corrected chi connectivity index (χ2v) is 8.70. The van der Waals surface area contributed by atoms with Crippen molar-refractivity contribution in [3.8, 4) is 5.75 Å². The van der Waals surface area contributed by atoms with Crippen LogP contribution in [0.3, 0.4) is 0 Å². The number of hydrogen-bond donors (Lipinski definition) is 1. The minimum absolute atomic E-state index is 0.0817. The molecule has 0 radical (unpaired) electrons. The summed E-state index contributed by atoms with van der Waals surface area (Å²) in [7, 11) is 0. The first-order valence-electron chi connectivity index (χ1n) is 9.90. The van der Waals surface area contributed by atoms with E-state index in [9.17, 15) is 19.2 Å². The molecule has 3 aromatic rings. The number of amides is 4. The maximum absolute atomic E-state index is 13.1. The summed E-state index contributed by atoms with van der Waals surface area (Å²) in [6, 6.07) is 12.0. The highest BCUT2D eigenvalue weighted by Crippen LogP contribution is 2.35. The zero-order valence-electron chi connectivity index (χ0n) is 16.6. The number of carbonyl (C=O) groups excluding carboxylic acids is 4. The van der Waals surface area contributed by atoms with Crippen molar-refractivity contribution >= 4 is 45.1 Å². The van der Waals surface area contributed by atoms with E-state index >= 15 is 0 Å². The van der Waals surface area contributed by atoms with Crippen molar-refractivity contribution < 1.29 is 23.9 Å². The predicted octanol–water partition coefficient (Wildman–Crippen LogP) is 3.19. The van der Waals surface area contributed by atoms with E-state index in [1.54, 1.807) is 29.5 Å². The molecule has 1 unspecified atom stereocenters. The highest BCUT2D eigenvalue weighted by Gasteiger charge is 2.46. The van der Waals surface area contributed by atoms with Crippen LogP contribution in [0.15, 0.2) is 42.5 Å². The van der Waals surface area contributed by atoms with Gasteiger partial charge in [-0.3, -0.25) is 29.4 Å². The largest absolute Gasteiger partial charge is 0.487 e. The van der Waals surface area contributed by atoms with Gasteiger partial charge in [0.05, 0.1) is 11.1 Å². The number of nitrogens with one attached hydrogen (secondary N) is 1. The SMILES string of the molecule is Cc1c(COc2cccc3c2C(=O)N(C2CCC(=O)NC2=O)C3=O)sc2ccccc12. The molecule has 4 amide bonds. The van der Waals surface area contributed by atoms with Crippen LogP contribution in [0, 0.1) is 6.92 Å². The molecule has 156 valence electrons. The molecule has 1 saturated heterocycles. The highest BCUT2D eigenvalue weighted by molar-refractivity contribution is 7.19. The Kier molecular flexibility index (Phi) is 4.59. The molecule has 0 saturated carbocycles. The Hall–Kier alpha value is -3.52. The first-order valence-corrected chi connectivity index (χ1v) is 10.7. The number of nitrogens with zero attached hydrogens (tertiary/aromatic N) is 1. The number of carbonyl (C=O) groups is 4. The molecule has 0 aliphatic carbocycles. The summed E-state index contributed by atoms with van der Waals surface area (Å²) in [5.74, 6) is -1.84. The molecule has 31 heavy (non-hydrogen) atoms. The zero-order valence-corrected chi connectivity index (χ0v) is 17.5. The van der Waals surface area contributed by atoms with Crippen molar-refractivity contribution in [2.75, 3.05) is 0 Å². The third kappa shape index (κ3) is 3.11. The molecule has 1 fully saturated rings. The van der Waals surface area contributed by atoms with Crippen LogP contribution in [-0.2, 0) is 16.2 Å². The molecule has 2 aliphatic rings. The summed E-state index contributed by atoms with van der Waals surface area (Å²) in [5, 5.41) is 3.37. The smallest absolute Gasteiger partial charge is 0.266 e. The van der Waals surface area contributed by atoms with Crippen LogP contribution in [0.5, 0.6) is 5.75 Å². The number of ether oxygens (including phenoxy) is 1. The third-order valence-electron chi connectivity index (χ3n) is 5.73. The number of fused-ring (bicyclic) bond motifs is 2. The second-order valence-electron chi connectivity index (χ2n) is 7.56. The van der Waals surface area contributed by atoms with Gasteiger partial charge in [0, 0.05) is 16.0 Å². The van der Waals surface area contributed by atoms with E-state index in [1.807, 2.05) is 19.1 Å². The van der Waals surface area contributed by atoms with Gasteiger partial charge in [-0.05, 0) is 42.5 Å². The quantitative estimate of drug-likeness (QED) is 0.637. The van der Waals surface area contributed by atoms with E-state index < -0.39 is 29.7 Å². The monoisotopic (exact) mass is 434 g/mol. The topological polar surface area (TPSA) is 92.8 Å². The number of aryl methyl sites for hydroxylation is 1. The maximum atomic E-state index is 13.1. The minimum Gasteiger partial charge on any atom is -0.487 e. The van der Waals surface area contributed by atoms with Gasteiger partial charge in [-0.15, -0.1) is 11.3 Å². The van der Waals surface area contributed by atoms with Crippen molar-refractivity contribution in [1.82, 2.24) is 10.2 Å². The lowest BCUT2D eigenvalue weighted by Gasteiger charge is -2.27. The van der Waals surface area contributed by atoms with Crippen molar-refractivity contribution in [3.05, 3.63) is 64.0 Å². The van der Waals surface area contributed by atoms with Gasteiger partial charge in [0.15, 0.2) is 0 Å². The first kappa shape index (κ1) is 19.4. The molecule has 7 nitrogen and oxygen atoms in total. The van der Waals surface area contributed by atoms with Gasteiger partial charge in [-0.2, -0.15) is 0 Å². The van der Waals surface area contributed by atoms with Crippen molar-refractivity contribution in [3.63, 3.8) is 0 Å². The summed E-state index contributed by atoms with van der Waals surface area (Å²) in [4.78, 5) is 51.7. The summed E-state index contributed by atoms with van der Waals surface area (Å²) in [5.41, 5.74) is 1.50. The minimum atomic E-state index is -0.997. The molecular weight excluding hydrogens is 416 g/mol. The van der Waals surface area contributed by atoms with Crippen molar-refractivity contribution in [1.29, 1.82) is 0 Å². The fourth-order valence-corrected chi connectivity index (χ4v) is 5.23. The van der Waals surface area contributed by atoms with Crippen LogP contribution in [0.25, 0.3) is 10.1 Å². The van der Waals surface area contributed by atoms with Gasteiger partial charge in [0.1, 0.15) is 18.4 Å². The molecule has 2 aromatic carbocycles. The van der Waals surface area contributed by atoms with Crippen molar-refractivity contribution in [2.24, 2.45) is 0 Å². The van der Waals surface area contributed by atoms with Crippen LogP contribution in [-0.4, -0.2) is 34.6 Å². The van der Waals surface area contributed by atoms with E-state index in [2.05, 4.69) is 17.4 Å². The lowest BCUT2D eigenvalue weighted by Crippen LogP contribution is -2.54. The lowest BCUT2D eigenvalue weighted by atomic mass is 10.0. The third-order valence-corrected chi connectivity index (χ3v) is 6.98. The Bertz CT molecular complexity index is 1280. The van der Waals surface area contributed by atoms with Gasteiger partial charge in [-0.1, -0.05) is 24.3 Å². The number of rotatable bonds is 4. The second kappa shape index (κ2) is 7.31. The standard InChI is InChI=1S/C23H18N2O5S/c1-12-13-5-2-3-8-17(13)31-18(12)11-30-16-7-4-6-14-20(16)23(29)25(22(14)28)15-9-10-19(26)24-21(15)27/h2-8,15H,9-11H2,1H3,(H,24,26,27). The van der Waals surface area contributed by atoms with E-state index in [1.165, 1.54) is 5.39 Å². The van der Waals surface area contributed by atoms with E-state index in [0.29, 0.717) is 5.75 Å². The van der Waals surface area contributed by atoms with E-state index in [-0.39, 0.29) is 30.6 Å². The zero-order chi connectivity index (χ0) is 21.7. The molecule has 0 spiro atoms. The Labute approximate surface area is 181 Å². The van der Waals surface area contributed by atoms with Gasteiger partial charge < -0.3 is 4.74 Å². The van der Waals surface area contributed by atoms with E-state index in [0.717, 1.165) is 20.0 Å². The molecule has 5 rings (SSSR count). The van der Waals surface area contributed by atoms with Gasteiger partial charge in [0.2, 0.25) is 11.8 Å². The fraction of sp³-hybridized carbons (Fsp3) is 0.217. The summed E-state index contributed by atoms with van der Waals surface area (Å²) in [6.07, 6.45) is 0.200. The number of piperidine rings is 1. The Morgan fingerprint density at radius 1 is 1.06 bits per heavy atom. The predicted molar refractivity (Wildman–Crippen MR) is 114 cm³/mol. The van der Waals surface area contributed by atoms with E-state index in [4.69, 9.17) is 4.74 Å². The average molecular weight is 434 g/mol. The highest BCUT2D eigenvalue weighted by atomic mass is 32.1. The summed E-state index contributed by atoms with van der Waals surface area (Å²) >= 11 is 1.63. The number of thiophene rings is 1. The Morgan fingerprint density at radius 2 is 1.87 bits per heavy atom. The number of imide groups is 2. The molecule has 2 aliphatic heterocycles.